The van der Waals surface area contributed by atoms with Gasteiger partial charge in [-0.25, -0.2) is 0 Å². The Bertz CT molecular complexity index is 153. The third kappa shape index (κ3) is 6.90. The molecule has 0 aliphatic heterocycles. The van der Waals surface area contributed by atoms with Crippen molar-refractivity contribution >= 4 is 17.7 Å². The molecule has 0 heterocycles. The lowest BCUT2D eigenvalue weighted by molar-refractivity contribution is -0.140. The molecule has 0 radical (unpaired) electrons. The van der Waals surface area contributed by atoms with E-state index >= 15 is 0 Å². The summed E-state index contributed by atoms with van der Waals surface area (Å²) in [5, 5.41) is 12.4. The highest BCUT2D eigenvalue weighted by Gasteiger charge is 2.09. The Morgan fingerprint density at radius 1 is 1.54 bits per heavy atom. The molecule has 0 saturated heterocycles. The average Bonchev–Trinajstić information content (AvgIpc) is 2.11. The number of hydrogen-bond acceptors (Lipinski definition) is 3. The third-order valence-electron chi connectivity index (χ3n) is 2.00. The van der Waals surface area contributed by atoms with Crippen molar-refractivity contribution in [1.82, 2.24) is 5.32 Å². The topological polar surface area (TPSA) is 49.3 Å². The highest BCUT2D eigenvalue weighted by molar-refractivity contribution is 7.99. The molecule has 0 aliphatic rings. The van der Waals surface area contributed by atoms with Gasteiger partial charge < -0.3 is 10.4 Å². The monoisotopic (exact) mass is 205 g/mol. The van der Waals surface area contributed by atoms with E-state index < -0.39 is 5.97 Å². The highest BCUT2D eigenvalue weighted by atomic mass is 32.2. The van der Waals surface area contributed by atoms with Crippen molar-refractivity contribution < 1.29 is 9.90 Å². The van der Waals surface area contributed by atoms with Crippen LogP contribution in [0, 0.1) is 5.92 Å². The molecule has 0 aromatic carbocycles. The molecule has 0 aromatic rings. The quantitative estimate of drug-likeness (QED) is 0.617. The van der Waals surface area contributed by atoms with E-state index in [1.54, 1.807) is 6.92 Å². The standard InChI is InChI=1S/C9H19NO2S/c1-7(9(11)12)6-10-5-4-8(2)13-3/h7-8,10H,4-6H2,1-3H3,(H,11,12). The van der Waals surface area contributed by atoms with Gasteiger partial charge in [-0.2, -0.15) is 11.8 Å². The summed E-state index contributed by atoms with van der Waals surface area (Å²) in [6.45, 7) is 5.36. The lowest BCUT2D eigenvalue weighted by atomic mass is 10.2. The van der Waals surface area contributed by atoms with Gasteiger partial charge in [0.15, 0.2) is 0 Å². The maximum Gasteiger partial charge on any atom is 0.307 e. The molecule has 3 nitrogen and oxygen atoms in total. The van der Waals surface area contributed by atoms with Crippen molar-refractivity contribution in [1.29, 1.82) is 0 Å². The molecule has 4 heteroatoms. The molecule has 0 saturated carbocycles. The van der Waals surface area contributed by atoms with Crippen LogP contribution in [0.5, 0.6) is 0 Å². The maximum atomic E-state index is 10.4. The fourth-order valence-corrected chi connectivity index (χ4v) is 1.18. The van der Waals surface area contributed by atoms with Crippen LogP contribution in [0.1, 0.15) is 20.3 Å². The van der Waals surface area contributed by atoms with Gasteiger partial charge in [0.25, 0.3) is 0 Å². The normalized spacial score (nSPS) is 15.3. The summed E-state index contributed by atoms with van der Waals surface area (Å²) in [4.78, 5) is 10.4. The second-order valence-electron chi connectivity index (χ2n) is 3.28. The third-order valence-corrected chi connectivity index (χ3v) is 3.04. The van der Waals surface area contributed by atoms with Gasteiger partial charge in [-0.1, -0.05) is 13.8 Å². The molecule has 2 unspecified atom stereocenters. The van der Waals surface area contributed by atoms with E-state index in [-0.39, 0.29) is 5.92 Å². The van der Waals surface area contributed by atoms with E-state index in [0.717, 1.165) is 13.0 Å². The highest BCUT2D eigenvalue weighted by Crippen LogP contribution is 2.07. The summed E-state index contributed by atoms with van der Waals surface area (Å²) in [6, 6.07) is 0. The first-order chi connectivity index (χ1) is 6.07. The summed E-state index contributed by atoms with van der Waals surface area (Å²) >= 11 is 1.83. The number of carbonyl (C=O) groups is 1. The molecule has 0 fully saturated rings. The Kier molecular flexibility index (Phi) is 7.09. The van der Waals surface area contributed by atoms with Crippen LogP contribution < -0.4 is 5.32 Å². The second-order valence-corrected chi connectivity index (χ2v) is 4.55. The first-order valence-electron chi connectivity index (χ1n) is 4.54. The lowest BCUT2D eigenvalue weighted by Gasteiger charge is -2.10. The van der Waals surface area contributed by atoms with Crippen molar-refractivity contribution in [3.63, 3.8) is 0 Å². The summed E-state index contributed by atoms with van der Waals surface area (Å²) in [7, 11) is 0. The molecule has 0 spiro atoms. The predicted octanol–water partition coefficient (Wildman–Crippen LogP) is 1.44. The summed E-state index contributed by atoms with van der Waals surface area (Å²) in [5.41, 5.74) is 0. The van der Waals surface area contributed by atoms with E-state index in [2.05, 4.69) is 18.5 Å². The zero-order valence-electron chi connectivity index (χ0n) is 8.54. The Balaban J connectivity index is 3.30. The van der Waals surface area contributed by atoms with Gasteiger partial charge in [-0.3, -0.25) is 4.79 Å². The van der Waals surface area contributed by atoms with Crippen LogP contribution in [0.25, 0.3) is 0 Å². The number of rotatable bonds is 7. The van der Waals surface area contributed by atoms with Gasteiger partial charge in [0.1, 0.15) is 0 Å². The lowest BCUT2D eigenvalue weighted by Crippen LogP contribution is -2.28. The fraction of sp³-hybridized carbons (Fsp3) is 0.889. The van der Waals surface area contributed by atoms with Crippen molar-refractivity contribution in [3.8, 4) is 0 Å². The molecular formula is C9H19NO2S. The Hall–Kier alpha value is -0.220. The summed E-state index contributed by atoms with van der Waals surface area (Å²) in [5.74, 6) is -1.02. The van der Waals surface area contributed by atoms with Gasteiger partial charge >= 0.3 is 5.97 Å². The summed E-state index contributed by atoms with van der Waals surface area (Å²) < 4.78 is 0. The minimum absolute atomic E-state index is 0.287. The predicted molar refractivity (Wildman–Crippen MR) is 57.3 cm³/mol. The Morgan fingerprint density at radius 2 is 2.15 bits per heavy atom. The molecule has 0 amide bonds. The fourth-order valence-electron chi connectivity index (χ4n) is 0.829. The van der Waals surface area contributed by atoms with Gasteiger partial charge in [0.2, 0.25) is 0 Å². The molecule has 2 N–H and O–H groups in total. The number of hydrogen-bond donors (Lipinski definition) is 2. The average molecular weight is 205 g/mol. The van der Waals surface area contributed by atoms with Gasteiger partial charge in [-0.15, -0.1) is 0 Å². The molecule has 2 atom stereocenters. The number of carboxylic acid groups (broad SMARTS) is 1. The number of aliphatic carboxylic acids is 1. The maximum absolute atomic E-state index is 10.4. The van der Waals surface area contributed by atoms with Crippen molar-refractivity contribution in [2.45, 2.75) is 25.5 Å². The van der Waals surface area contributed by atoms with E-state index in [0.29, 0.717) is 11.8 Å². The first kappa shape index (κ1) is 12.8. The van der Waals surface area contributed by atoms with Gasteiger partial charge in [0.05, 0.1) is 5.92 Å². The molecule has 13 heavy (non-hydrogen) atoms. The number of carboxylic acids is 1. The zero-order valence-corrected chi connectivity index (χ0v) is 9.36. The smallest absolute Gasteiger partial charge is 0.307 e. The van der Waals surface area contributed by atoms with Crippen LogP contribution in [0.3, 0.4) is 0 Å². The van der Waals surface area contributed by atoms with E-state index in [9.17, 15) is 4.79 Å². The summed E-state index contributed by atoms with van der Waals surface area (Å²) in [6.07, 6.45) is 3.18. The molecule has 0 bridgehead atoms. The number of nitrogens with one attached hydrogen (secondary N) is 1. The largest absolute Gasteiger partial charge is 0.481 e. The minimum Gasteiger partial charge on any atom is -0.481 e. The van der Waals surface area contributed by atoms with Gasteiger partial charge in [-0.05, 0) is 19.2 Å². The molecule has 0 aromatic heterocycles. The second kappa shape index (κ2) is 7.21. The van der Waals surface area contributed by atoms with Crippen LogP contribution in [-0.2, 0) is 4.79 Å². The first-order valence-corrected chi connectivity index (χ1v) is 5.83. The van der Waals surface area contributed by atoms with Crippen LogP contribution in [0.15, 0.2) is 0 Å². The van der Waals surface area contributed by atoms with Crippen molar-refractivity contribution in [2.75, 3.05) is 19.3 Å². The zero-order chi connectivity index (χ0) is 10.3. The van der Waals surface area contributed by atoms with E-state index in [1.165, 1.54) is 0 Å². The van der Waals surface area contributed by atoms with Crippen LogP contribution in [0.2, 0.25) is 0 Å². The molecule has 78 valence electrons. The van der Waals surface area contributed by atoms with Crippen LogP contribution in [-0.4, -0.2) is 35.7 Å². The van der Waals surface area contributed by atoms with Crippen molar-refractivity contribution in [3.05, 3.63) is 0 Å². The van der Waals surface area contributed by atoms with E-state index in [1.807, 2.05) is 11.8 Å². The van der Waals surface area contributed by atoms with E-state index in [4.69, 9.17) is 5.11 Å². The van der Waals surface area contributed by atoms with Crippen LogP contribution >= 0.6 is 11.8 Å². The Morgan fingerprint density at radius 3 is 2.62 bits per heavy atom. The number of thioether (sulfide) groups is 1. The molecule has 0 aliphatic carbocycles. The van der Waals surface area contributed by atoms with Crippen LogP contribution in [0.4, 0.5) is 0 Å². The SMILES string of the molecule is CSC(C)CCNCC(C)C(=O)O. The molecular weight excluding hydrogens is 186 g/mol. The molecule has 0 rings (SSSR count). The van der Waals surface area contributed by atoms with Crippen molar-refractivity contribution in [2.24, 2.45) is 5.92 Å². The Labute approximate surface area is 84.3 Å². The van der Waals surface area contributed by atoms with Gasteiger partial charge in [0, 0.05) is 11.8 Å². The minimum atomic E-state index is -0.731.